The molecular formula is C17H26ClNO2. The Hall–Kier alpha value is -0.770. The van der Waals surface area contributed by atoms with Crippen molar-refractivity contribution in [1.82, 2.24) is 0 Å². The summed E-state index contributed by atoms with van der Waals surface area (Å²) in [6, 6.07) is 5.89. The topological polar surface area (TPSA) is 44.5 Å². The first kappa shape index (κ1) is 16.6. The number of benzene rings is 1. The minimum absolute atomic E-state index is 0.0285. The van der Waals surface area contributed by atoms with Gasteiger partial charge in [0.25, 0.3) is 0 Å². The van der Waals surface area contributed by atoms with E-state index in [1.54, 1.807) is 0 Å². The predicted molar refractivity (Wildman–Crippen MR) is 87.1 cm³/mol. The van der Waals surface area contributed by atoms with Gasteiger partial charge in [-0.05, 0) is 52.7 Å². The van der Waals surface area contributed by atoms with Crippen LogP contribution in [0.3, 0.4) is 0 Å². The zero-order chi connectivity index (χ0) is 15.8. The molecule has 4 heteroatoms. The van der Waals surface area contributed by atoms with Gasteiger partial charge in [-0.15, -0.1) is 0 Å². The highest BCUT2D eigenvalue weighted by atomic mass is 35.5. The Morgan fingerprint density at radius 2 is 2.05 bits per heavy atom. The standard InChI is InChI=1S/C17H26ClNO2/c1-11(19)9-12-7-6-8-13(18)15(12)20-14-10-16(2,3)21-17(14,4)5/h6-8,11,14H,9-10,19H2,1-5H3. The van der Waals surface area contributed by atoms with E-state index in [9.17, 15) is 0 Å². The van der Waals surface area contributed by atoms with Crippen molar-refractivity contribution in [1.29, 1.82) is 0 Å². The number of nitrogens with two attached hydrogens (primary N) is 1. The molecule has 1 aromatic rings. The molecule has 0 aromatic heterocycles. The third kappa shape index (κ3) is 3.91. The highest BCUT2D eigenvalue weighted by Gasteiger charge is 2.47. The fourth-order valence-electron chi connectivity index (χ4n) is 3.03. The highest BCUT2D eigenvalue weighted by Crippen LogP contribution is 2.41. The molecule has 1 heterocycles. The zero-order valence-corrected chi connectivity index (χ0v) is 14.3. The maximum atomic E-state index is 6.35. The third-order valence-electron chi connectivity index (χ3n) is 3.84. The Bertz CT molecular complexity index is 512. The molecule has 0 saturated carbocycles. The number of ether oxygens (including phenoxy) is 2. The van der Waals surface area contributed by atoms with Gasteiger partial charge in [0.1, 0.15) is 17.5 Å². The fraction of sp³-hybridized carbons (Fsp3) is 0.647. The SMILES string of the molecule is CC(N)Cc1cccc(Cl)c1OC1CC(C)(C)OC1(C)C. The number of hydrogen-bond acceptors (Lipinski definition) is 3. The molecule has 21 heavy (non-hydrogen) atoms. The Kier molecular flexibility index (Phi) is 4.57. The molecule has 2 unspecified atom stereocenters. The van der Waals surface area contributed by atoms with Gasteiger partial charge in [-0.3, -0.25) is 0 Å². The third-order valence-corrected chi connectivity index (χ3v) is 4.14. The summed E-state index contributed by atoms with van der Waals surface area (Å²) in [5.74, 6) is 0.746. The smallest absolute Gasteiger partial charge is 0.141 e. The second kappa shape index (κ2) is 5.79. The summed E-state index contributed by atoms with van der Waals surface area (Å²) in [6.45, 7) is 10.3. The van der Waals surface area contributed by atoms with Crippen LogP contribution in [0.15, 0.2) is 18.2 Å². The van der Waals surface area contributed by atoms with E-state index in [-0.39, 0.29) is 23.3 Å². The predicted octanol–water partition coefficient (Wildman–Crippen LogP) is 3.95. The van der Waals surface area contributed by atoms with E-state index in [1.165, 1.54) is 0 Å². The second-order valence-electron chi connectivity index (χ2n) is 7.19. The average molecular weight is 312 g/mol. The molecule has 1 saturated heterocycles. The van der Waals surface area contributed by atoms with Gasteiger partial charge >= 0.3 is 0 Å². The lowest BCUT2D eigenvalue weighted by Crippen LogP contribution is -2.37. The number of halogens is 1. The minimum Gasteiger partial charge on any atom is -0.485 e. The van der Waals surface area contributed by atoms with Gasteiger partial charge in [0.15, 0.2) is 0 Å². The number of rotatable bonds is 4. The first-order valence-electron chi connectivity index (χ1n) is 7.50. The van der Waals surface area contributed by atoms with Crippen molar-refractivity contribution >= 4 is 11.6 Å². The Morgan fingerprint density at radius 1 is 1.38 bits per heavy atom. The lowest BCUT2D eigenvalue weighted by Gasteiger charge is -2.28. The van der Waals surface area contributed by atoms with Gasteiger partial charge in [0.2, 0.25) is 0 Å². The maximum Gasteiger partial charge on any atom is 0.141 e. The normalized spacial score (nSPS) is 24.8. The molecule has 0 amide bonds. The van der Waals surface area contributed by atoms with Gasteiger partial charge < -0.3 is 15.2 Å². The molecule has 0 bridgehead atoms. The number of para-hydroxylation sites is 1. The van der Waals surface area contributed by atoms with E-state index in [0.29, 0.717) is 5.02 Å². The van der Waals surface area contributed by atoms with Crippen molar-refractivity contribution in [3.63, 3.8) is 0 Å². The zero-order valence-electron chi connectivity index (χ0n) is 13.6. The lowest BCUT2D eigenvalue weighted by molar-refractivity contribution is -0.0846. The molecular weight excluding hydrogens is 286 g/mol. The molecule has 2 N–H and O–H groups in total. The van der Waals surface area contributed by atoms with Gasteiger partial charge in [-0.2, -0.15) is 0 Å². The van der Waals surface area contributed by atoms with E-state index in [1.807, 2.05) is 25.1 Å². The summed E-state index contributed by atoms with van der Waals surface area (Å²) >= 11 is 6.35. The molecule has 2 atom stereocenters. The van der Waals surface area contributed by atoms with Crippen LogP contribution in [-0.4, -0.2) is 23.3 Å². The molecule has 2 rings (SSSR count). The van der Waals surface area contributed by atoms with Crippen molar-refractivity contribution < 1.29 is 9.47 Å². The van der Waals surface area contributed by atoms with Gasteiger partial charge in [0.05, 0.1) is 10.6 Å². The highest BCUT2D eigenvalue weighted by molar-refractivity contribution is 6.32. The molecule has 0 aliphatic carbocycles. The van der Waals surface area contributed by atoms with Crippen molar-refractivity contribution in [2.75, 3.05) is 0 Å². The molecule has 3 nitrogen and oxygen atoms in total. The van der Waals surface area contributed by atoms with E-state index in [4.69, 9.17) is 26.8 Å². The Balaban J connectivity index is 2.27. The van der Waals surface area contributed by atoms with Crippen molar-refractivity contribution in [2.24, 2.45) is 5.73 Å². The van der Waals surface area contributed by atoms with Crippen LogP contribution in [0.1, 0.15) is 46.6 Å². The Labute approximate surface area is 132 Å². The van der Waals surface area contributed by atoms with Crippen molar-refractivity contribution in [2.45, 2.75) is 70.8 Å². The van der Waals surface area contributed by atoms with Crippen LogP contribution in [-0.2, 0) is 11.2 Å². The summed E-state index contributed by atoms with van der Waals surface area (Å²) in [5.41, 5.74) is 6.46. The summed E-state index contributed by atoms with van der Waals surface area (Å²) in [6.07, 6.45) is 1.55. The van der Waals surface area contributed by atoms with Crippen LogP contribution in [0, 0.1) is 0 Å². The number of hydrogen-bond donors (Lipinski definition) is 1. The quantitative estimate of drug-likeness (QED) is 0.915. The van der Waals surface area contributed by atoms with Crippen LogP contribution in [0.5, 0.6) is 5.75 Å². The van der Waals surface area contributed by atoms with Crippen molar-refractivity contribution in [3.8, 4) is 5.75 Å². The molecule has 1 aliphatic heterocycles. The molecule has 1 fully saturated rings. The van der Waals surface area contributed by atoms with Crippen LogP contribution < -0.4 is 10.5 Å². The molecule has 118 valence electrons. The average Bonchev–Trinajstić information content (AvgIpc) is 2.50. The molecule has 0 radical (unpaired) electrons. The van der Waals surface area contributed by atoms with Crippen molar-refractivity contribution in [3.05, 3.63) is 28.8 Å². The van der Waals surface area contributed by atoms with Gasteiger partial charge in [-0.25, -0.2) is 0 Å². The second-order valence-corrected chi connectivity index (χ2v) is 7.59. The minimum atomic E-state index is -0.339. The summed E-state index contributed by atoms with van der Waals surface area (Å²) in [5, 5.41) is 0.633. The fourth-order valence-corrected chi connectivity index (χ4v) is 3.27. The first-order chi connectivity index (χ1) is 9.61. The van der Waals surface area contributed by atoms with Crippen LogP contribution >= 0.6 is 11.6 Å². The van der Waals surface area contributed by atoms with Crippen LogP contribution in [0.2, 0.25) is 5.02 Å². The summed E-state index contributed by atoms with van der Waals surface area (Å²) in [7, 11) is 0. The van der Waals surface area contributed by atoms with Crippen LogP contribution in [0.25, 0.3) is 0 Å². The monoisotopic (exact) mass is 311 g/mol. The van der Waals surface area contributed by atoms with E-state index >= 15 is 0 Å². The molecule has 0 spiro atoms. The summed E-state index contributed by atoms with van der Waals surface area (Å²) < 4.78 is 12.4. The van der Waals surface area contributed by atoms with E-state index in [0.717, 1.165) is 24.2 Å². The Morgan fingerprint density at radius 3 is 2.57 bits per heavy atom. The summed E-state index contributed by atoms with van der Waals surface area (Å²) in [4.78, 5) is 0. The maximum absolute atomic E-state index is 6.35. The first-order valence-corrected chi connectivity index (χ1v) is 7.88. The van der Waals surface area contributed by atoms with E-state index in [2.05, 4.69) is 27.7 Å². The van der Waals surface area contributed by atoms with E-state index < -0.39 is 0 Å². The largest absolute Gasteiger partial charge is 0.485 e. The molecule has 1 aromatic carbocycles. The molecule has 1 aliphatic rings. The van der Waals surface area contributed by atoms with Gasteiger partial charge in [0, 0.05) is 12.5 Å². The van der Waals surface area contributed by atoms with Crippen LogP contribution in [0.4, 0.5) is 0 Å². The van der Waals surface area contributed by atoms with Gasteiger partial charge in [-0.1, -0.05) is 23.7 Å². The lowest BCUT2D eigenvalue weighted by atomic mass is 9.97.